The van der Waals surface area contributed by atoms with E-state index >= 15 is 0 Å². The van der Waals surface area contributed by atoms with Gasteiger partial charge >= 0.3 is 0 Å². The van der Waals surface area contributed by atoms with Crippen molar-refractivity contribution in [1.29, 1.82) is 0 Å². The van der Waals surface area contributed by atoms with Gasteiger partial charge < -0.3 is 29.7 Å². The van der Waals surface area contributed by atoms with Crippen LogP contribution in [-0.4, -0.2) is 12.3 Å². The van der Waals surface area contributed by atoms with Crippen LogP contribution < -0.4 is 29.7 Å². The van der Waals surface area contributed by atoms with E-state index in [4.69, 9.17) is 0 Å². The molecule has 0 aromatic heterocycles. The second-order valence-electron chi connectivity index (χ2n) is 1.58. The minimum atomic E-state index is 0. The Morgan fingerprint density at radius 1 is 1.71 bits per heavy atom. The van der Waals surface area contributed by atoms with E-state index in [-0.39, 0.29) is 24.0 Å². The zero-order chi connectivity index (χ0) is 4.99. The highest BCUT2D eigenvalue weighted by Gasteiger charge is 1.92. The van der Waals surface area contributed by atoms with Crippen LogP contribution in [0.15, 0.2) is 0 Å². The SMILES string of the molecule is CC(C[NH3+])CS.[I-]. The van der Waals surface area contributed by atoms with Crippen molar-refractivity contribution in [2.45, 2.75) is 6.92 Å². The van der Waals surface area contributed by atoms with Crippen molar-refractivity contribution in [2.24, 2.45) is 5.92 Å². The number of hydrogen-bond donors (Lipinski definition) is 2. The van der Waals surface area contributed by atoms with Crippen LogP contribution in [-0.2, 0) is 0 Å². The molecule has 7 heavy (non-hydrogen) atoms. The quantitative estimate of drug-likeness (QED) is 0.371. The van der Waals surface area contributed by atoms with Gasteiger partial charge in [-0.2, -0.15) is 12.6 Å². The molecule has 0 saturated heterocycles. The van der Waals surface area contributed by atoms with Gasteiger partial charge in [-0.15, -0.1) is 0 Å². The van der Waals surface area contributed by atoms with Gasteiger partial charge in [0.25, 0.3) is 0 Å². The van der Waals surface area contributed by atoms with Gasteiger partial charge in [0.05, 0.1) is 6.54 Å². The molecule has 0 amide bonds. The highest BCUT2D eigenvalue weighted by atomic mass is 127. The van der Waals surface area contributed by atoms with Gasteiger partial charge in [-0.05, 0) is 5.75 Å². The largest absolute Gasteiger partial charge is 1.00 e. The van der Waals surface area contributed by atoms with Crippen molar-refractivity contribution < 1.29 is 29.7 Å². The van der Waals surface area contributed by atoms with Crippen molar-refractivity contribution in [3.05, 3.63) is 0 Å². The molecule has 0 saturated carbocycles. The summed E-state index contributed by atoms with van der Waals surface area (Å²) < 4.78 is 0. The zero-order valence-electron chi connectivity index (χ0n) is 4.52. The summed E-state index contributed by atoms with van der Waals surface area (Å²) in [5.74, 6) is 1.65. The molecule has 1 nitrogen and oxygen atoms in total. The van der Waals surface area contributed by atoms with E-state index in [1.54, 1.807) is 0 Å². The van der Waals surface area contributed by atoms with Crippen molar-refractivity contribution in [1.82, 2.24) is 0 Å². The standard InChI is InChI=1S/C4H11NS.HI/c1-4(2-5)3-6;/h4,6H,2-3,5H2,1H3;1H. The molecule has 3 heteroatoms. The minimum absolute atomic E-state index is 0. The van der Waals surface area contributed by atoms with Gasteiger partial charge in [-0.1, -0.05) is 6.92 Å². The summed E-state index contributed by atoms with van der Waals surface area (Å²) in [5.41, 5.74) is 3.71. The summed E-state index contributed by atoms with van der Waals surface area (Å²) >= 11 is 4.06. The Labute approximate surface area is 67.5 Å². The van der Waals surface area contributed by atoms with Gasteiger partial charge in [-0.25, -0.2) is 0 Å². The normalized spacial score (nSPS) is 12.4. The summed E-state index contributed by atoms with van der Waals surface area (Å²) in [6.07, 6.45) is 0. The van der Waals surface area contributed by atoms with Crippen LogP contribution in [0.1, 0.15) is 6.92 Å². The van der Waals surface area contributed by atoms with E-state index in [0.29, 0.717) is 5.92 Å². The third-order valence-electron chi connectivity index (χ3n) is 0.804. The molecule has 3 N–H and O–H groups in total. The molecule has 0 fully saturated rings. The van der Waals surface area contributed by atoms with E-state index in [0.717, 1.165) is 12.3 Å². The molecule has 0 aliphatic rings. The smallest absolute Gasteiger partial charge is 0.0773 e. The Balaban J connectivity index is 0. The van der Waals surface area contributed by atoms with Gasteiger partial charge in [0.1, 0.15) is 0 Å². The Bertz CT molecular complexity index is 30.9. The minimum Gasteiger partial charge on any atom is -1.00 e. The highest BCUT2D eigenvalue weighted by Crippen LogP contribution is 1.89. The highest BCUT2D eigenvalue weighted by molar-refractivity contribution is 7.80. The van der Waals surface area contributed by atoms with Crippen molar-refractivity contribution >= 4 is 12.6 Å². The number of thiol groups is 1. The molecular formula is C4H12INS. The first-order chi connectivity index (χ1) is 2.81. The Kier molecular flexibility index (Phi) is 11.0. The van der Waals surface area contributed by atoms with Crippen LogP contribution in [0.4, 0.5) is 0 Å². The number of rotatable bonds is 2. The molecule has 1 atom stereocenters. The Morgan fingerprint density at radius 3 is 2.14 bits per heavy atom. The summed E-state index contributed by atoms with van der Waals surface area (Å²) in [6, 6.07) is 0. The number of quaternary nitrogens is 1. The van der Waals surface area contributed by atoms with Crippen LogP contribution in [0.3, 0.4) is 0 Å². The fraction of sp³-hybridized carbons (Fsp3) is 1.00. The van der Waals surface area contributed by atoms with Gasteiger partial charge in [0.2, 0.25) is 0 Å². The summed E-state index contributed by atoms with van der Waals surface area (Å²) in [6.45, 7) is 3.14. The molecule has 46 valence electrons. The molecular weight excluding hydrogens is 221 g/mol. The lowest BCUT2D eigenvalue weighted by molar-refractivity contribution is -0.376. The van der Waals surface area contributed by atoms with Crippen molar-refractivity contribution in [2.75, 3.05) is 12.3 Å². The predicted molar refractivity (Wildman–Crippen MR) is 30.8 cm³/mol. The van der Waals surface area contributed by atoms with E-state index in [9.17, 15) is 0 Å². The molecule has 0 heterocycles. The molecule has 0 aromatic rings. The first-order valence-electron chi connectivity index (χ1n) is 2.21. The van der Waals surface area contributed by atoms with Crippen LogP contribution in [0.5, 0.6) is 0 Å². The summed E-state index contributed by atoms with van der Waals surface area (Å²) in [7, 11) is 0. The molecule has 0 radical (unpaired) electrons. The third-order valence-corrected chi connectivity index (χ3v) is 1.43. The van der Waals surface area contributed by atoms with Gasteiger partial charge in [-0.3, -0.25) is 0 Å². The van der Waals surface area contributed by atoms with E-state index in [2.05, 4.69) is 25.3 Å². The topological polar surface area (TPSA) is 27.6 Å². The average Bonchev–Trinajstić information content (AvgIpc) is 1.65. The maximum atomic E-state index is 4.06. The van der Waals surface area contributed by atoms with Crippen molar-refractivity contribution in [3.8, 4) is 0 Å². The predicted octanol–water partition coefficient (Wildman–Crippen LogP) is -3.20. The Morgan fingerprint density at radius 2 is 2.14 bits per heavy atom. The molecule has 1 unspecified atom stereocenters. The van der Waals surface area contributed by atoms with Crippen LogP contribution >= 0.6 is 12.6 Å². The van der Waals surface area contributed by atoms with E-state index in [1.807, 2.05) is 0 Å². The lowest BCUT2D eigenvalue weighted by Crippen LogP contribution is -3.00. The van der Waals surface area contributed by atoms with Gasteiger partial charge in [0, 0.05) is 5.92 Å². The molecule has 0 aromatic carbocycles. The molecule has 0 aliphatic heterocycles. The second-order valence-corrected chi connectivity index (χ2v) is 1.94. The maximum Gasteiger partial charge on any atom is 0.0773 e. The van der Waals surface area contributed by atoms with Crippen molar-refractivity contribution in [3.63, 3.8) is 0 Å². The Hall–Kier alpha value is 1.04. The zero-order valence-corrected chi connectivity index (χ0v) is 7.58. The monoisotopic (exact) mass is 233 g/mol. The van der Waals surface area contributed by atoms with E-state index < -0.39 is 0 Å². The fourth-order valence-electron chi connectivity index (χ4n) is 0.0913. The lowest BCUT2D eigenvalue weighted by Gasteiger charge is -1.95. The third kappa shape index (κ3) is 7.04. The molecule has 0 rings (SSSR count). The lowest BCUT2D eigenvalue weighted by atomic mass is 10.2. The maximum absolute atomic E-state index is 4.06. The molecule has 0 aliphatic carbocycles. The average molecular weight is 233 g/mol. The first kappa shape index (κ1) is 10.9. The number of halogens is 1. The van der Waals surface area contributed by atoms with Gasteiger partial charge in [0.15, 0.2) is 0 Å². The molecule has 0 bridgehead atoms. The van der Waals surface area contributed by atoms with Crippen LogP contribution in [0.2, 0.25) is 0 Å². The summed E-state index contributed by atoms with van der Waals surface area (Å²) in [4.78, 5) is 0. The van der Waals surface area contributed by atoms with Crippen LogP contribution in [0.25, 0.3) is 0 Å². The first-order valence-corrected chi connectivity index (χ1v) is 2.84. The summed E-state index contributed by atoms with van der Waals surface area (Å²) in [5, 5.41) is 0. The fourth-order valence-corrected chi connectivity index (χ4v) is 0.274. The molecule has 0 spiro atoms. The second kappa shape index (κ2) is 7.04. The van der Waals surface area contributed by atoms with E-state index in [1.165, 1.54) is 0 Å². The van der Waals surface area contributed by atoms with Crippen LogP contribution in [0, 0.1) is 5.92 Å². The number of hydrogen-bond acceptors (Lipinski definition) is 1.